The van der Waals surface area contributed by atoms with Crippen LogP contribution in [0, 0.1) is 5.92 Å². The lowest BCUT2D eigenvalue weighted by atomic mass is 9.87. The number of anilines is 1. The molecule has 1 atom stereocenters. The summed E-state index contributed by atoms with van der Waals surface area (Å²) in [5.41, 5.74) is 1.86. The zero-order chi connectivity index (χ0) is 16.9. The van der Waals surface area contributed by atoms with Crippen molar-refractivity contribution in [2.75, 3.05) is 25.2 Å². The SMILES string of the molecule is COCC(=O)N(CC(C)C(=O)O)c1ccc(C(C)(C)C)cc1. The number of carboxylic acids is 1. The standard InChI is InChI=1S/C17H25NO4/c1-12(16(20)21)10-18(15(19)11-22-5)14-8-6-13(7-9-14)17(2,3)4/h6-9,12H,10-11H2,1-5H3,(H,20,21). The molecule has 5 heteroatoms. The summed E-state index contributed by atoms with van der Waals surface area (Å²) in [6.07, 6.45) is 0. The number of benzene rings is 1. The predicted molar refractivity (Wildman–Crippen MR) is 86.2 cm³/mol. The van der Waals surface area contributed by atoms with E-state index in [-0.39, 0.29) is 24.5 Å². The number of carbonyl (C=O) groups is 2. The Labute approximate surface area is 131 Å². The van der Waals surface area contributed by atoms with Gasteiger partial charge in [-0.1, -0.05) is 39.8 Å². The van der Waals surface area contributed by atoms with Gasteiger partial charge in [0.15, 0.2) is 0 Å². The van der Waals surface area contributed by atoms with Crippen LogP contribution in [0.2, 0.25) is 0 Å². The van der Waals surface area contributed by atoms with Crippen molar-refractivity contribution < 1.29 is 19.4 Å². The molecule has 0 saturated heterocycles. The second-order valence-electron chi connectivity index (χ2n) is 6.47. The fourth-order valence-electron chi connectivity index (χ4n) is 2.05. The molecule has 0 spiro atoms. The highest BCUT2D eigenvalue weighted by Crippen LogP contribution is 2.25. The minimum absolute atomic E-state index is 0.0221. The highest BCUT2D eigenvalue weighted by molar-refractivity contribution is 5.94. The fraction of sp³-hybridized carbons (Fsp3) is 0.529. The number of methoxy groups -OCH3 is 1. The molecular formula is C17H25NO4. The molecule has 22 heavy (non-hydrogen) atoms. The Hall–Kier alpha value is -1.88. The van der Waals surface area contributed by atoms with Crippen LogP contribution in [-0.2, 0) is 19.7 Å². The average Bonchev–Trinajstić information content (AvgIpc) is 2.43. The van der Waals surface area contributed by atoms with Crippen LogP contribution < -0.4 is 4.90 Å². The second-order valence-corrected chi connectivity index (χ2v) is 6.47. The molecule has 0 aliphatic heterocycles. The van der Waals surface area contributed by atoms with Crippen LogP contribution in [0.25, 0.3) is 0 Å². The molecule has 0 aliphatic rings. The van der Waals surface area contributed by atoms with E-state index >= 15 is 0 Å². The van der Waals surface area contributed by atoms with E-state index < -0.39 is 11.9 Å². The number of nitrogens with zero attached hydrogens (tertiary/aromatic N) is 1. The molecule has 1 N–H and O–H groups in total. The summed E-state index contributed by atoms with van der Waals surface area (Å²) in [6.45, 7) is 7.96. The number of carboxylic acid groups (broad SMARTS) is 1. The van der Waals surface area contributed by atoms with Crippen molar-refractivity contribution in [1.29, 1.82) is 0 Å². The number of rotatable bonds is 6. The summed E-state index contributed by atoms with van der Waals surface area (Å²) in [5, 5.41) is 9.07. The first-order valence-electron chi connectivity index (χ1n) is 7.29. The maximum Gasteiger partial charge on any atom is 0.308 e. The molecule has 0 fully saturated rings. The highest BCUT2D eigenvalue weighted by atomic mass is 16.5. The molecule has 1 unspecified atom stereocenters. The van der Waals surface area contributed by atoms with Gasteiger partial charge in [-0.3, -0.25) is 9.59 Å². The molecule has 0 saturated carbocycles. The minimum atomic E-state index is -0.929. The first-order chi connectivity index (χ1) is 10.2. The number of hydrogen-bond acceptors (Lipinski definition) is 3. The van der Waals surface area contributed by atoms with Crippen molar-refractivity contribution in [2.24, 2.45) is 5.92 Å². The topological polar surface area (TPSA) is 66.8 Å². The summed E-state index contributed by atoms with van der Waals surface area (Å²) < 4.78 is 4.89. The third-order valence-electron chi connectivity index (χ3n) is 3.49. The monoisotopic (exact) mass is 307 g/mol. The zero-order valence-electron chi connectivity index (χ0n) is 13.9. The Balaban J connectivity index is 3.05. The van der Waals surface area contributed by atoms with E-state index in [4.69, 9.17) is 9.84 Å². The molecule has 1 aromatic carbocycles. The van der Waals surface area contributed by atoms with Crippen LogP contribution in [0.4, 0.5) is 5.69 Å². The second kappa shape index (κ2) is 7.40. The van der Waals surface area contributed by atoms with Gasteiger partial charge in [0.1, 0.15) is 6.61 Å². The predicted octanol–water partition coefficient (Wildman–Crippen LogP) is 2.68. The Morgan fingerprint density at radius 2 is 1.77 bits per heavy atom. The molecule has 1 rings (SSSR count). The van der Waals surface area contributed by atoms with Gasteiger partial charge in [0, 0.05) is 19.3 Å². The molecule has 0 radical (unpaired) electrons. The Morgan fingerprint density at radius 3 is 2.18 bits per heavy atom. The summed E-state index contributed by atoms with van der Waals surface area (Å²) in [6, 6.07) is 7.63. The molecule has 0 aliphatic carbocycles. The van der Waals surface area contributed by atoms with E-state index in [1.165, 1.54) is 12.0 Å². The molecule has 1 amide bonds. The summed E-state index contributed by atoms with van der Waals surface area (Å²) in [7, 11) is 1.44. The molecule has 0 bridgehead atoms. The molecule has 122 valence electrons. The van der Waals surface area contributed by atoms with Crippen LogP contribution in [0.15, 0.2) is 24.3 Å². The van der Waals surface area contributed by atoms with E-state index in [2.05, 4.69) is 20.8 Å². The molecular weight excluding hydrogens is 282 g/mol. The Morgan fingerprint density at radius 1 is 1.23 bits per heavy atom. The highest BCUT2D eigenvalue weighted by Gasteiger charge is 2.22. The van der Waals surface area contributed by atoms with Crippen LogP contribution >= 0.6 is 0 Å². The van der Waals surface area contributed by atoms with Crippen molar-refractivity contribution in [1.82, 2.24) is 0 Å². The molecule has 0 aromatic heterocycles. The van der Waals surface area contributed by atoms with Crippen molar-refractivity contribution in [3.63, 3.8) is 0 Å². The fourth-order valence-corrected chi connectivity index (χ4v) is 2.05. The number of amides is 1. The van der Waals surface area contributed by atoms with Crippen molar-refractivity contribution >= 4 is 17.6 Å². The van der Waals surface area contributed by atoms with Gasteiger partial charge in [-0.05, 0) is 23.1 Å². The van der Waals surface area contributed by atoms with Gasteiger partial charge < -0.3 is 14.7 Å². The van der Waals surface area contributed by atoms with Crippen LogP contribution in [0.5, 0.6) is 0 Å². The Bertz CT molecular complexity index is 516. The molecule has 0 heterocycles. The van der Waals surface area contributed by atoms with Gasteiger partial charge in [-0.25, -0.2) is 0 Å². The summed E-state index contributed by atoms with van der Waals surface area (Å²) in [5.74, 6) is -1.83. The zero-order valence-corrected chi connectivity index (χ0v) is 13.9. The van der Waals surface area contributed by atoms with E-state index in [1.807, 2.05) is 24.3 Å². The van der Waals surface area contributed by atoms with Gasteiger partial charge in [-0.15, -0.1) is 0 Å². The number of carbonyl (C=O) groups excluding carboxylic acids is 1. The van der Waals surface area contributed by atoms with E-state index in [0.717, 1.165) is 5.56 Å². The number of aliphatic carboxylic acids is 1. The first kappa shape index (κ1) is 18.2. The van der Waals surface area contributed by atoms with Crippen LogP contribution in [0.1, 0.15) is 33.3 Å². The third kappa shape index (κ3) is 4.84. The van der Waals surface area contributed by atoms with Gasteiger partial charge in [0.2, 0.25) is 0 Å². The maximum absolute atomic E-state index is 12.2. The molecule has 1 aromatic rings. The van der Waals surface area contributed by atoms with Gasteiger partial charge in [0.05, 0.1) is 5.92 Å². The Kier molecular flexibility index (Phi) is 6.11. The van der Waals surface area contributed by atoms with Gasteiger partial charge >= 0.3 is 5.97 Å². The number of hydrogen-bond donors (Lipinski definition) is 1. The molecule has 5 nitrogen and oxygen atoms in total. The lowest BCUT2D eigenvalue weighted by Gasteiger charge is -2.26. The first-order valence-corrected chi connectivity index (χ1v) is 7.29. The van der Waals surface area contributed by atoms with Gasteiger partial charge in [0.25, 0.3) is 5.91 Å². The van der Waals surface area contributed by atoms with Crippen LogP contribution in [-0.4, -0.2) is 37.2 Å². The van der Waals surface area contributed by atoms with Crippen molar-refractivity contribution in [2.45, 2.75) is 33.1 Å². The lowest BCUT2D eigenvalue weighted by Crippen LogP contribution is -2.39. The smallest absolute Gasteiger partial charge is 0.308 e. The summed E-state index contributed by atoms with van der Waals surface area (Å²) in [4.78, 5) is 24.7. The van der Waals surface area contributed by atoms with Crippen molar-refractivity contribution in [3.8, 4) is 0 Å². The largest absolute Gasteiger partial charge is 0.481 e. The average molecular weight is 307 g/mol. The van der Waals surface area contributed by atoms with Gasteiger partial charge in [-0.2, -0.15) is 0 Å². The maximum atomic E-state index is 12.2. The quantitative estimate of drug-likeness (QED) is 0.877. The van der Waals surface area contributed by atoms with E-state index in [0.29, 0.717) is 5.69 Å². The minimum Gasteiger partial charge on any atom is -0.481 e. The normalized spacial score (nSPS) is 12.8. The number of ether oxygens (including phenoxy) is 1. The van der Waals surface area contributed by atoms with Crippen molar-refractivity contribution in [3.05, 3.63) is 29.8 Å². The van der Waals surface area contributed by atoms with E-state index in [9.17, 15) is 9.59 Å². The van der Waals surface area contributed by atoms with E-state index in [1.54, 1.807) is 6.92 Å². The third-order valence-corrected chi connectivity index (χ3v) is 3.49. The lowest BCUT2D eigenvalue weighted by molar-refractivity contribution is -0.140. The van der Waals surface area contributed by atoms with Crippen LogP contribution in [0.3, 0.4) is 0 Å². The summed E-state index contributed by atoms with van der Waals surface area (Å²) >= 11 is 0.